The molecule has 0 aliphatic carbocycles. The van der Waals surface area contributed by atoms with E-state index in [1.165, 1.54) is 33.5 Å². The number of halogens is 1. The first-order chi connectivity index (χ1) is 8.83. The summed E-state index contributed by atoms with van der Waals surface area (Å²) in [6.45, 7) is 0. The lowest BCUT2D eigenvalue weighted by Gasteiger charge is -2.12. The second-order valence-corrected chi connectivity index (χ2v) is 6.04. The highest BCUT2D eigenvalue weighted by Crippen LogP contribution is 2.34. The Balaban J connectivity index is 3.45. The molecule has 1 aromatic rings. The molecule has 0 N–H and O–H groups in total. The number of esters is 1. The average Bonchev–Trinajstić information content (AvgIpc) is 2.36. The van der Waals surface area contributed by atoms with Crippen LogP contribution >= 0.6 is 10.7 Å². The Morgan fingerprint density at radius 3 is 2.11 bits per heavy atom. The molecule has 8 heteroatoms. The van der Waals surface area contributed by atoms with Crippen molar-refractivity contribution in [2.45, 2.75) is 11.3 Å². The van der Waals surface area contributed by atoms with E-state index in [0.717, 1.165) is 0 Å². The second kappa shape index (κ2) is 6.12. The van der Waals surface area contributed by atoms with E-state index in [0.29, 0.717) is 5.75 Å². The zero-order valence-electron chi connectivity index (χ0n) is 10.6. The Kier molecular flexibility index (Phi) is 5.02. The van der Waals surface area contributed by atoms with Gasteiger partial charge in [0, 0.05) is 16.7 Å². The molecule has 0 radical (unpaired) electrons. The summed E-state index contributed by atoms with van der Waals surface area (Å²) in [4.78, 5) is 11.1. The van der Waals surface area contributed by atoms with Gasteiger partial charge in [-0.2, -0.15) is 0 Å². The van der Waals surface area contributed by atoms with Crippen molar-refractivity contribution in [2.24, 2.45) is 0 Å². The van der Waals surface area contributed by atoms with E-state index in [-0.39, 0.29) is 22.6 Å². The van der Waals surface area contributed by atoms with E-state index in [1.807, 2.05) is 0 Å². The number of carbonyl (C=O) groups is 1. The highest BCUT2D eigenvalue weighted by Gasteiger charge is 2.22. The highest BCUT2D eigenvalue weighted by atomic mass is 35.7. The molecule has 0 fully saturated rings. The van der Waals surface area contributed by atoms with Crippen LogP contribution in [0.2, 0.25) is 0 Å². The van der Waals surface area contributed by atoms with Gasteiger partial charge < -0.3 is 14.2 Å². The Morgan fingerprint density at radius 2 is 1.68 bits per heavy atom. The summed E-state index contributed by atoms with van der Waals surface area (Å²) in [5, 5.41) is 0. The number of rotatable bonds is 5. The van der Waals surface area contributed by atoms with Crippen LogP contribution in [0.5, 0.6) is 11.5 Å². The summed E-state index contributed by atoms with van der Waals surface area (Å²) in [7, 11) is 5.29. The highest BCUT2D eigenvalue weighted by molar-refractivity contribution is 8.13. The molecule has 0 saturated heterocycles. The summed E-state index contributed by atoms with van der Waals surface area (Å²) in [6, 6.07) is 2.59. The number of hydrogen-bond acceptors (Lipinski definition) is 6. The lowest BCUT2D eigenvalue weighted by molar-refractivity contribution is -0.139. The molecule has 0 aliphatic rings. The number of benzene rings is 1. The predicted octanol–water partition coefficient (Wildman–Crippen LogP) is 1.35. The van der Waals surface area contributed by atoms with Gasteiger partial charge in [0.2, 0.25) is 0 Å². The van der Waals surface area contributed by atoms with Crippen LogP contribution in [0.3, 0.4) is 0 Å². The van der Waals surface area contributed by atoms with Gasteiger partial charge >= 0.3 is 5.97 Å². The maximum Gasteiger partial charge on any atom is 0.310 e. The third-order valence-electron chi connectivity index (χ3n) is 2.39. The van der Waals surface area contributed by atoms with Crippen LogP contribution < -0.4 is 9.47 Å². The Morgan fingerprint density at radius 1 is 1.16 bits per heavy atom. The van der Waals surface area contributed by atoms with Crippen molar-refractivity contribution in [2.75, 3.05) is 21.3 Å². The molecule has 0 spiro atoms. The topological polar surface area (TPSA) is 78.9 Å². The van der Waals surface area contributed by atoms with Gasteiger partial charge in [0.1, 0.15) is 0 Å². The zero-order chi connectivity index (χ0) is 14.6. The monoisotopic (exact) mass is 308 g/mol. The minimum Gasteiger partial charge on any atom is -0.493 e. The molecule has 0 saturated carbocycles. The van der Waals surface area contributed by atoms with Gasteiger partial charge in [0.05, 0.1) is 32.6 Å². The lowest BCUT2D eigenvalue weighted by Crippen LogP contribution is -2.09. The van der Waals surface area contributed by atoms with Gasteiger partial charge in [-0.3, -0.25) is 4.79 Å². The summed E-state index contributed by atoms with van der Waals surface area (Å²) in [6.07, 6.45) is -0.238. The molecule has 0 amide bonds. The molecule has 1 aromatic carbocycles. The van der Waals surface area contributed by atoms with Gasteiger partial charge in [0.15, 0.2) is 11.5 Å². The fraction of sp³-hybridized carbons (Fsp3) is 0.364. The third kappa shape index (κ3) is 3.74. The van der Waals surface area contributed by atoms with Gasteiger partial charge in [0.25, 0.3) is 9.05 Å². The number of hydrogen-bond donors (Lipinski definition) is 0. The van der Waals surface area contributed by atoms with Gasteiger partial charge in [-0.15, -0.1) is 0 Å². The first-order valence-electron chi connectivity index (χ1n) is 5.09. The minimum atomic E-state index is -4.02. The SMILES string of the molecule is COC(=O)Cc1cc(OC)c(OC)cc1S(=O)(=O)Cl. The summed E-state index contributed by atoms with van der Waals surface area (Å²) >= 11 is 0. The van der Waals surface area contributed by atoms with Crippen LogP contribution in [-0.4, -0.2) is 35.7 Å². The maximum atomic E-state index is 11.5. The first kappa shape index (κ1) is 15.6. The molecule has 6 nitrogen and oxygen atoms in total. The van der Waals surface area contributed by atoms with Crippen LogP contribution in [0.25, 0.3) is 0 Å². The quantitative estimate of drug-likeness (QED) is 0.603. The van der Waals surface area contributed by atoms with Crippen molar-refractivity contribution in [3.05, 3.63) is 17.7 Å². The second-order valence-electron chi connectivity index (χ2n) is 3.51. The molecule has 1 rings (SSSR count). The normalized spacial score (nSPS) is 10.9. The molecule has 19 heavy (non-hydrogen) atoms. The van der Waals surface area contributed by atoms with Gasteiger partial charge in [-0.05, 0) is 11.6 Å². The van der Waals surface area contributed by atoms with Crippen molar-refractivity contribution in [3.8, 4) is 11.5 Å². The van der Waals surface area contributed by atoms with Crippen molar-refractivity contribution in [1.82, 2.24) is 0 Å². The molecule has 0 heterocycles. The molecular weight excluding hydrogens is 296 g/mol. The van der Waals surface area contributed by atoms with E-state index < -0.39 is 15.0 Å². The number of carbonyl (C=O) groups excluding carboxylic acids is 1. The number of ether oxygens (including phenoxy) is 3. The molecular formula is C11H13ClO6S. The third-order valence-corrected chi connectivity index (χ3v) is 3.80. The van der Waals surface area contributed by atoms with Crippen LogP contribution in [0.1, 0.15) is 5.56 Å². The van der Waals surface area contributed by atoms with Crippen molar-refractivity contribution in [1.29, 1.82) is 0 Å². The smallest absolute Gasteiger partial charge is 0.310 e. The van der Waals surface area contributed by atoms with Crippen LogP contribution in [0, 0.1) is 0 Å². The average molecular weight is 309 g/mol. The minimum absolute atomic E-state index is 0.180. The van der Waals surface area contributed by atoms with Crippen molar-refractivity contribution >= 4 is 25.7 Å². The lowest BCUT2D eigenvalue weighted by atomic mass is 10.1. The van der Waals surface area contributed by atoms with E-state index in [2.05, 4.69) is 4.74 Å². The molecule has 106 valence electrons. The molecule has 0 aromatic heterocycles. The van der Waals surface area contributed by atoms with Crippen molar-refractivity contribution in [3.63, 3.8) is 0 Å². The van der Waals surface area contributed by atoms with Gasteiger partial charge in [-0.1, -0.05) is 0 Å². The molecule has 0 bridgehead atoms. The van der Waals surface area contributed by atoms with Crippen LogP contribution in [0.15, 0.2) is 17.0 Å². The summed E-state index contributed by atoms with van der Waals surface area (Å²) in [5.74, 6) is -0.0883. The summed E-state index contributed by atoms with van der Waals surface area (Å²) < 4.78 is 37.6. The maximum absolute atomic E-state index is 11.5. The first-order valence-corrected chi connectivity index (χ1v) is 7.40. The van der Waals surface area contributed by atoms with E-state index in [9.17, 15) is 13.2 Å². The predicted molar refractivity (Wildman–Crippen MR) is 68.3 cm³/mol. The van der Waals surface area contributed by atoms with Crippen LogP contribution in [-0.2, 0) is 25.0 Å². The Hall–Kier alpha value is -1.47. The fourth-order valence-electron chi connectivity index (χ4n) is 1.50. The Bertz CT molecular complexity index is 581. The Labute approximate surface area is 115 Å². The summed E-state index contributed by atoms with van der Waals surface area (Å²) in [5.41, 5.74) is 0.180. The van der Waals surface area contributed by atoms with Crippen LogP contribution in [0.4, 0.5) is 0 Å². The van der Waals surface area contributed by atoms with E-state index in [1.54, 1.807) is 0 Å². The standard InChI is InChI=1S/C11H13ClO6S/c1-16-8-4-7(5-11(13)18-3)10(19(12,14)15)6-9(8)17-2/h4,6H,5H2,1-3H3. The zero-order valence-corrected chi connectivity index (χ0v) is 12.2. The largest absolute Gasteiger partial charge is 0.493 e. The molecule has 0 unspecified atom stereocenters. The molecule has 0 atom stereocenters. The van der Waals surface area contributed by atoms with E-state index >= 15 is 0 Å². The fourth-order valence-corrected chi connectivity index (χ4v) is 2.62. The molecule has 0 aliphatic heterocycles. The number of methoxy groups -OCH3 is 3. The van der Waals surface area contributed by atoms with Crippen molar-refractivity contribution < 1.29 is 27.4 Å². The van der Waals surface area contributed by atoms with Gasteiger partial charge in [-0.25, -0.2) is 8.42 Å². The van der Waals surface area contributed by atoms with E-state index in [4.69, 9.17) is 20.2 Å².